The number of carbonyl (C=O) groups is 2. The molecular weight excluding hydrogens is 380 g/mol. The van der Waals surface area contributed by atoms with E-state index in [1.807, 2.05) is 17.5 Å². The average molecular weight is 400 g/mol. The third kappa shape index (κ3) is 2.99. The number of thiophene rings is 1. The second-order valence-corrected chi connectivity index (χ2v) is 8.28. The Morgan fingerprint density at radius 2 is 2.11 bits per heavy atom. The Hall–Kier alpha value is -2.68. The summed E-state index contributed by atoms with van der Waals surface area (Å²) in [5.74, 6) is 1.02. The Morgan fingerprint density at radius 3 is 2.89 bits per heavy atom. The number of nitrogens with zero attached hydrogens (tertiary/aromatic N) is 3. The number of rotatable bonds is 4. The zero-order valence-corrected chi connectivity index (χ0v) is 16.0. The minimum absolute atomic E-state index is 0.0765. The number of amides is 2. The quantitative estimate of drug-likeness (QED) is 0.791. The maximum Gasteiger partial charge on any atom is 0.338 e. The van der Waals surface area contributed by atoms with E-state index in [0.717, 1.165) is 23.5 Å². The van der Waals surface area contributed by atoms with Gasteiger partial charge in [-0.2, -0.15) is 4.98 Å². The van der Waals surface area contributed by atoms with Crippen molar-refractivity contribution in [2.75, 3.05) is 6.61 Å². The van der Waals surface area contributed by atoms with Gasteiger partial charge in [0.05, 0.1) is 17.3 Å². The van der Waals surface area contributed by atoms with Gasteiger partial charge in [-0.1, -0.05) is 30.5 Å². The van der Waals surface area contributed by atoms with E-state index in [9.17, 15) is 9.59 Å². The molecule has 9 heteroatoms. The van der Waals surface area contributed by atoms with Gasteiger partial charge in [0.25, 0.3) is 0 Å². The summed E-state index contributed by atoms with van der Waals surface area (Å²) in [6.45, 7) is 0.200. The molecule has 0 bridgehead atoms. The van der Waals surface area contributed by atoms with Crippen LogP contribution in [0.1, 0.15) is 60.7 Å². The van der Waals surface area contributed by atoms with Crippen LogP contribution in [0.5, 0.6) is 0 Å². The molecule has 1 N–H and O–H groups in total. The number of hydrogen-bond acceptors (Lipinski definition) is 7. The van der Waals surface area contributed by atoms with E-state index in [-0.39, 0.29) is 19.2 Å². The van der Waals surface area contributed by atoms with Crippen molar-refractivity contribution in [1.82, 2.24) is 20.4 Å². The van der Waals surface area contributed by atoms with Gasteiger partial charge in [0.2, 0.25) is 5.89 Å². The number of cyclic esters (lactones) is 1. The van der Waals surface area contributed by atoms with Gasteiger partial charge in [-0.15, -0.1) is 11.3 Å². The van der Waals surface area contributed by atoms with Gasteiger partial charge < -0.3 is 14.6 Å². The second kappa shape index (κ2) is 7.05. The first-order valence-corrected chi connectivity index (χ1v) is 10.4. The van der Waals surface area contributed by atoms with E-state index in [4.69, 9.17) is 9.26 Å². The fourth-order valence-corrected chi connectivity index (χ4v) is 4.93. The number of aromatic nitrogens is 2. The molecule has 28 heavy (non-hydrogen) atoms. The zero-order chi connectivity index (χ0) is 19.1. The highest BCUT2D eigenvalue weighted by Gasteiger charge is 2.43. The summed E-state index contributed by atoms with van der Waals surface area (Å²) >= 11 is 1.49. The largest absolute Gasteiger partial charge is 0.456 e. The number of carbonyl (C=O) groups excluding carboxylic acids is 2. The smallest absolute Gasteiger partial charge is 0.338 e. The van der Waals surface area contributed by atoms with Gasteiger partial charge >= 0.3 is 12.0 Å². The molecule has 2 aromatic rings. The van der Waals surface area contributed by atoms with Crippen LogP contribution in [0.4, 0.5) is 4.79 Å². The van der Waals surface area contributed by atoms with E-state index in [0.29, 0.717) is 23.1 Å². The van der Waals surface area contributed by atoms with Crippen molar-refractivity contribution in [2.24, 2.45) is 0 Å². The molecule has 0 saturated heterocycles. The molecule has 0 spiro atoms. The highest BCUT2D eigenvalue weighted by Crippen LogP contribution is 2.37. The minimum atomic E-state index is -0.478. The van der Waals surface area contributed by atoms with Crippen LogP contribution in [0.2, 0.25) is 0 Å². The van der Waals surface area contributed by atoms with E-state index >= 15 is 0 Å². The van der Waals surface area contributed by atoms with Crippen LogP contribution in [-0.4, -0.2) is 33.6 Å². The molecule has 1 saturated carbocycles. The van der Waals surface area contributed by atoms with Crippen molar-refractivity contribution in [1.29, 1.82) is 0 Å². The lowest BCUT2D eigenvalue weighted by atomic mass is 9.89. The van der Waals surface area contributed by atoms with Crippen LogP contribution >= 0.6 is 11.3 Å². The van der Waals surface area contributed by atoms with Crippen molar-refractivity contribution in [3.8, 4) is 0 Å². The lowest BCUT2D eigenvalue weighted by Crippen LogP contribution is -2.46. The molecule has 5 rings (SSSR count). The van der Waals surface area contributed by atoms with Crippen molar-refractivity contribution in [2.45, 2.75) is 50.6 Å². The summed E-state index contributed by atoms with van der Waals surface area (Å²) < 4.78 is 10.7. The van der Waals surface area contributed by atoms with Gasteiger partial charge in [0.1, 0.15) is 13.2 Å². The molecule has 4 heterocycles. The van der Waals surface area contributed by atoms with Crippen LogP contribution in [-0.2, 0) is 16.1 Å². The van der Waals surface area contributed by atoms with Gasteiger partial charge in [-0.3, -0.25) is 4.90 Å². The first kappa shape index (κ1) is 17.4. The first-order chi connectivity index (χ1) is 13.7. The molecule has 1 atom stereocenters. The lowest BCUT2D eigenvalue weighted by Gasteiger charge is -2.31. The van der Waals surface area contributed by atoms with Crippen molar-refractivity contribution >= 4 is 23.3 Å². The molecule has 2 aliphatic heterocycles. The van der Waals surface area contributed by atoms with Crippen LogP contribution in [0, 0.1) is 0 Å². The summed E-state index contributed by atoms with van der Waals surface area (Å²) in [4.78, 5) is 32.0. The SMILES string of the molecule is O=C1OCC2=C1C(c1cccs1)NC(=O)N2Cc1nc(C2CCCCC2)no1. The zero-order valence-electron chi connectivity index (χ0n) is 15.2. The molecule has 1 fully saturated rings. The Kier molecular flexibility index (Phi) is 4.38. The molecule has 2 aromatic heterocycles. The summed E-state index contributed by atoms with van der Waals surface area (Å²) in [5.41, 5.74) is 1.05. The lowest BCUT2D eigenvalue weighted by molar-refractivity contribution is -0.136. The predicted molar refractivity (Wildman–Crippen MR) is 99.2 cm³/mol. The molecule has 3 aliphatic rings. The molecular formula is C19H20N4O4S. The second-order valence-electron chi connectivity index (χ2n) is 7.30. The molecule has 1 aliphatic carbocycles. The number of nitrogens with one attached hydrogen (secondary N) is 1. The summed E-state index contributed by atoms with van der Waals surface area (Å²) in [6, 6.07) is 3.02. The van der Waals surface area contributed by atoms with Crippen molar-refractivity contribution in [3.05, 3.63) is 45.4 Å². The van der Waals surface area contributed by atoms with Crippen LogP contribution < -0.4 is 5.32 Å². The molecule has 1 unspecified atom stereocenters. The maximum absolute atomic E-state index is 12.8. The fraction of sp³-hybridized carbons (Fsp3) is 0.474. The number of esters is 1. The normalized spacial score (nSPS) is 23.0. The highest BCUT2D eigenvalue weighted by atomic mass is 32.1. The van der Waals surface area contributed by atoms with Crippen molar-refractivity contribution in [3.63, 3.8) is 0 Å². The Bertz CT molecular complexity index is 930. The fourth-order valence-electron chi connectivity index (χ4n) is 4.14. The van der Waals surface area contributed by atoms with E-state index < -0.39 is 12.0 Å². The van der Waals surface area contributed by atoms with Crippen LogP contribution in [0.15, 0.2) is 33.3 Å². The van der Waals surface area contributed by atoms with Gasteiger partial charge in [0.15, 0.2) is 5.82 Å². The monoisotopic (exact) mass is 400 g/mol. The standard InChI is InChI=1S/C19H20N4O4S/c24-18-15-12(10-26-18)23(19(25)21-16(15)13-7-4-8-28-13)9-14-20-17(22-27-14)11-5-2-1-3-6-11/h4,7-8,11,16H,1-3,5-6,9-10H2,(H,21,25). The van der Waals surface area contributed by atoms with Gasteiger partial charge in [-0.25, -0.2) is 9.59 Å². The minimum Gasteiger partial charge on any atom is -0.456 e. The third-order valence-corrected chi connectivity index (χ3v) is 6.51. The molecule has 146 valence electrons. The first-order valence-electron chi connectivity index (χ1n) is 9.55. The van der Waals surface area contributed by atoms with Gasteiger partial charge in [0, 0.05) is 10.8 Å². The Balaban J connectivity index is 1.41. The predicted octanol–water partition coefficient (Wildman–Crippen LogP) is 3.26. The molecule has 2 amide bonds. The van der Waals surface area contributed by atoms with Gasteiger partial charge in [-0.05, 0) is 24.3 Å². The highest BCUT2D eigenvalue weighted by molar-refractivity contribution is 7.10. The summed E-state index contributed by atoms with van der Waals surface area (Å²) in [5, 5.41) is 8.96. The van der Waals surface area contributed by atoms with E-state index in [2.05, 4.69) is 15.5 Å². The van der Waals surface area contributed by atoms with Crippen molar-refractivity contribution < 1.29 is 18.8 Å². The number of urea groups is 1. The molecule has 8 nitrogen and oxygen atoms in total. The Morgan fingerprint density at radius 1 is 1.25 bits per heavy atom. The maximum atomic E-state index is 12.8. The molecule has 0 aromatic carbocycles. The summed E-state index contributed by atoms with van der Waals surface area (Å²) in [6.07, 6.45) is 5.77. The van der Waals surface area contributed by atoms with Crippen LogP contribution in [0.3, 0.4) is 0 Å². The number of ether oxygens (including phenoxy) is 1. The third-order valence-electron chi connectivity index (χ3n) is 5.57. The average Bonchev–Trinajstić information content (AvgIpc) is 3.46. The number of hydrogen-bond donors (Lipinski definition) is 1. The molecule has 0 radical (unpaired) electrons. The van der Waals surface area contributed by atoms with E-state index in [1.165, 1.54) is 35.5 Å². The Labute approximate surface area is 165 Å². The summed E-state index contributed by atoms with van der Waals surface area (Å²) in [7, 11) is 0. The van der Waals surface area contributed by atoms with E-state index in [1.54, 1.807) is 0 Å². The topological polar surface area (TPSA) is 97.6 Å². The van der Waals surface area contributed by atoms with Crippen LogP contribution in [0.25, 0.3) is 0 Å².